The van der Waals surface area contributed by atoms with Crippen LogP contribution in [0, 0.1) is 0 Å². The third kappa shape index (κ3) is 4.15. The van der Waals surface area contributed by atoms with Crippen LogP contribution in [0.1, 0.15) is 38.2 Å². The van der Waals surface area contributed by atoms with Gasteiger partial charge in [-0.3, -0.25) is 0 Å². The van der Waals surface area contributed by atoms with Crippen LogP contribution in [0.25, 0.3) is 0 Å². The van der Waals surface area contributed by atoms with Crippen molar-refractivity contribution in [3.63, 3.8) is 0 Å². The van der Waals surface area contributed by atoms with Gasteiger partial charge in [-0.25, -0.2) is 0 Å². The molecule has 0 saturated carbocycles. The topological polar surface area (TPSA) is 21.3 Å². The molecule has 18 heavy (non-hydrogen) atoms. The molecule has 0 aliphatic carbocycles. The zero-order chi connectivity index (χ0) is 12.3. The summed E-state index contributed by atoms with van der Waals surface area (Å²) in [7, 11) is 0. The molecule has 0 radical (unpaired) electrons. The van der Waals surface area contributed by atoms with Gasteiger partial charge in [-0.15, -0.1) is 12.4 Å². The minimum absolute atomic E-state index is 0. The number of hydrogen-bond donors (Lipinski definition) is 1. The van der Waals surface area contributed by atoms with Crippen molar-refractivity contribution >= 4 is 28.3 Å². The summed E-state index contributed by atoms with van der Waals surface area (Å²) in [6, 6.07) is 6.29. The van der Waals surface area contributed by atoms with E-state index >= 15 is 0 Å². The van der Waals surface area contributed by atoms with Crippen LogP contribution in [0.4, 0.5) is 0 Å². The normalized spacial score (nSPS) is 19.4. The van der Waals surface area contributed by atoms with E-state index in [1.807, 2.05) is 0 Å². The predicted molar refractivity (Wildman–Crippen MR) is 82.0 cm³/mol. The van der Waals surface area contributed by atoms with Gasteiger partial charge < -0.3 is 10.1 Å². The van der Waals surface area contributed by atoms with Crippen LogP contribution < -0.4 is 10.1 Å². The first-order chi connectivity index (χ1) is 8.16. The monoisotopic (exact) mass is 333 g/mol. The van der Waals surface area contributed by atoms with Gasteiger partial charge in [0, 0.05) is 11.0 Å². The second-order valence-corrected chi connectivity index (χ2v) is 5.84. The van der Waals surface area contributed by atoms with Gasteiger partial charge in [-0.2, -0.15) is 0 Å². The number of ether oxygens (including phenoxy) is 1. The summed E-state index contributed by atoms with van der Waals surface area (Å²) in [4.78, 5) is 0. The number of hydrogen-bond acceptors (Lipinski definition) is 2. The van der Waals surface area contributed by atoms with E-state index in [0.717, 1.165) is 29.7 Å². The fraction of sp³-hybridized carbons (Fsp3) is 0.571. The van der Waals surface area contributed by atoms with E-state index in [9.17, 15) is 0 Å². The average molecular weight is 335 g/mol. The Labute approximate surface area is 124 Å². The highest BCUT2D eigenvalue weighted by Gasteiger charge is 2.17. The molecular weight excluding hydrogens is 314 g/mol. The molecule has 1 aromatic rings. The average Bonchev–Trinajstić information content (AvgIpc) is 2.32. The Morgan fingerprint density at radius 1 is 1.39 bits per heavy atom. The number of rotatable bonds is 3. The quantitative estimate of drug-likeness (QED) is 0.897. The molecule has 1 atom stereocenters. The maximum atomic E-state index is 6.12. The molecule has 1 aliphatic rings. The van der Waals surface area contributed by atoms with Crippen molar-refractivity contribution in [3.05, 3.63) is 28.2 Å². The lowest BCUT2D eigenvalue weighted by Crippen LogP contribution is -2.37. The first-order valence-electron chi connectivity index (χ1n) is 6.33. The molecule has 1 unspecified atom stereocenters. The van der Waals surface area contributed by atoms with Crippen LogP contribution >= 0.6 is 28.3 Å². The fourth-order valence-corrected chi connectivity index (χ4v) is 2.56. The van der Waals surface area contributed by atoms with Crippen LogP contribution in [0.3, 0.4) is 0 Å². The van der Waals surface area contributed by atoms with E-state index < -0.39 is 0 Å². The summed E-state index contributed by atoms with van der Waals surface area (Å²) in [5, 5.41) is 3.38. The van der Waals surface area contributed by atoms with Crippen LogP contribution in [0.5, 0.6) is 5.75 Å². The Morgan fingerprint density at radius 3 is 2.78 bits per heavy atom. The van der Waals surface area contributed by atoms with E-state index in [1.54, 1.807) is 0 Å². The molecule has 2 rings (SSSR count). The van der Waals surface area contributed by atoms with Crippen molar-refractivity contribution in [2.75, 3.05) is 13.1 Å². The van der Waals surface area contributed by atoms with Gasteiger partial charge in [0.1, 0.15) is 11.9 Å². The molecule has 1 fully saturated rings. The number of benzene rings is 1. The van der Waals surface area contributed by atoms with E-state index in [-0.39, 0.29) is 12.4 Å². The molecule has 1 aromatic carbocycles. The smallest absolute Gasteiger partial charge is 0.123 e. The van der Waals surface area contributed by atoms with Crippen molar-refractivity contribution < 1.29 is 4.74 Å². The lowest BCUT2D eigenvalue weighted by atomic mass is 10.0. The summed E-state index contributed by atoms with van der Waals surface area (Å²) in [6.45, 7) is 6.49. The van der Waals surface area contributed by atoms with Gasteiger partial charge in [-0.05, 0) is 49.1 Å². The second-order valence-electron chi connectivity index (χ2n) is 4.92. The van der Waals surface area contributed by atoms with Crippen LogP contribution in [-0.4, -0.2) is 19.2 Å². The van der Waals surface area contributed by atoms with Gasteiger partial charge in [0.15, 0.2) is 0 Å². The molecule has 0 amide bonds. The Morgan fingerprint density at radius 2 is 2.17 bits per heavy atom. The van der Waals surface area contributed by atoms with E-state index in [0.29, 0.717) is 12.0 Å². The largest absolute Gasteiger partial charge is 0.489 e. The molecular formula is C14H21BrClNO. The van der Waals surface area contributed by atoms with E-state index in [1.165, 1.54) is 12.0 Å². The predicted octanol–water partition coefficient (Wildman–Crippen LogP) is 4.13. The third-order valence-electron chi connectivity index (χ3n) is 3.14. The first-order valence-corrected chi connectivity index (χ1v) is 7.13. The summed E-state index contributed by atoms with van der Waals surface area (Å²) >= 11 is 3.52. The Balaban J connectivity index is 0.00000162. The lowest BCUT2D eigenvalue weighted by Gasteiger charge is -2.26. The van der Waals surface area contributed by atoms with Gasteiger partial charge in [0.2, 0.25) is 0 Å². The summed E-state index contributed by atoms with van der Waals surface area (Å²) in [5.41, 5.74) is 1.28. The Bertz CT molecular complexity index is 378. The second kappa shape index (κ2) is 7.37. The standard InChI is InChI=1S/C14H20BrNO.ClH/c1-10(2)13-8-11(15)5-6-14(13)17-12-4-3-7-16-9-12;/h5-6,8,10,12,16H,3-4,7,9H2,1-2H3;1H. The molecule has 102 valence electrons. The molecule has 0 bridgehead atoms. The maximum Gasteiger partial charge on any atom is 0.123 e. The SMILES string of the molecule is CC(C)c1cc(Br)ccc1OC1CCCNC1.Cl. The highest BCUT2D eigenvalue weighted by atomic mass is 79.9. The molecule has 0 aromatic heterocycles. The summed E-state index contributed by atoms with van der Waals surface area (Å²) < 4.78 is 7.24. The lowest BCUT2D eigenvalue weighted by molar-refractivity contribution is 0.165. The van der Waals surface area contributed by atoms with Crippen molar-refractivity contribution in [2.24, 2.45) is 0 Å². The van der Waals surface area contributed by atoms with E-state index in [2.05, 4.69) is 53.3 Å². The number of nitrogens with one attached hydrogen (secondary N) is 1. The van der Waals surface area contributed by atoms with E-state index in [4.69, 9.17) is 4.74 Å². The fourth-order valence-electron chi connectivity index (χ4n) is 2.18. The maximum absolute atomic E-state index is 6.12. The minimum atomic E-state index is 0. The number of piperidine rings is 1. The van der Waals surface area contributed by atoms with Crippen LogP contribution in [0.2, 0.25) is 0 Å². The molecule has 0 spiro atoms. The zero-order valence-electron chi connectivity index (χ0n) is 10.9. The molecule has 1 saturated heterocycles. The van der Waals surface area contributed by atoms with Crippen molar-refractivity contribution in [1.29, 1.82) is 0 Å². The Kier molecular flexibility index (Phi) is 6.47. The molecule has 1 heterocycles. The molecule has 1 N–H and O–H groups in total. The summed E-state index contributed by atoms with van der Waals surface area (Å²) in [5.74, 6) is 1.52. The first kappa shape index (κ1) is 15.8. The van der Waals surface area contributed by atoms with Crippen LogP contribution in [-0.2, 0) is 0 Å². The van der Waals surface area contributed by atoms with Crippen LogP contribution in [0.15, 0.2) is 22.7 Å². The highest BCUT2D eigenvalue weighted by Crippen LogP contribution is 2.30. The Hall–Kier alpha value is -0.250. The molecule has 2 nitrogen and oxygen atoms in total. The third-order valence-corrected chi connectivity index (χ3v) is 3.63. The van der Waals surface area contributed by atoms with Gasteiger partial charge >= 0.3 is 0 Å². The minimum Gasteiger partial charge on any atom is -0.489 e. The van der Waals surface area contributed by atoms with Gasteiger partial charge in [0.05, 0.1) is 0 Å². The highest BCUT2D eigenvalue weighted by molar-refractivity contribution is 9.10. The molecule has 4 heteroatoms. The molecule has 1 aliphatic heterocycles. The zero-order valence-corrected chi connectivity index (χ0v) is 13.3. The van der Waals surface area contributed by atoms with Gasteiger partial charge in [0.25, 0.3) is 0 Å². The number of halogens is 2. The van der Waals surface area contributed by atoms with Crippen molar-refractivity contribution in [3.8, 4) is 5.75 Å². The summed E-state index contributed by atoms with van der Waals surface area (Å²) in [6.07, 6.45) is 2.68. The van der Waals surface area contributed by atoms with Crippen molar-refractivity contribution in [2.45, 2.75) is 38.7 Å². The van der Waals surface area contributed by atoms with Gasteiger partial charge in [-0.1, -0.05) is 29.8 Å². The van der Waals surface area contributed by atoms with Crippen molar-refractivity contribution in [1.82, 2.24) is 5.32 Å².